The van der Waals surface area contributed by atoms with Crippen LogP contribution in [0.1, 0.15) is 36.8 Å². The van der Waals surface area contributed by atoms with Gasteiger partial charge in [-0.1, -0.05) is 24.3 Å². The van der Waals surface area contributed by atoms with Gasteiger partial charge in [0.2, 0.25) is 0 Å². The average Bonchev–Trinajstić information content (AvgIpc) is 3.43. The number of carbonyl (C=O) groups excluding carboxylic acids is 1. The van der Waals surface area contributed by atoms with Gasteiger partial charge >= 0.3 is 6.09 Å². The first-order valence-corrected chi connectivity index (χ1v) is 12.1. The van der Waals surface area contributed by atoms with Crippen LogP contribution in [0, 0.1) is 5.82 Å². The van der Waals surface area contributed by atoms with Gasteiger partial charge in [-0.05, 0) is 49.1 Å². The predicted molar refractivity (Wildman–Crippen MR) is 130 cm³/mol. The quantitative estimate of drug-likeness (QED) is 0.369. The first-order chi connectivity index (χ1) is 16.6. The van der Waals surface area contributed by atoms with Gasteiger partial charge in [-0.25, -0.2) is 19.2 Å². The van der Waals surface area contributed by atoms with E-state index in [1.807, 2.05) is 19.1 Å². The third-order valence-corrected chi connectivity index (χ3v) is 6.98. The fourth-order valence-corrected chi connectivity index (χ4v) is 5.30. The van der Waals surface area contributed by atoms with E-state index in [2.05, 4.69) is 20.9 Å². The molecule has 1 amide bonds. The van der Waals surface area contributed by atoms with E-state index in [1.54, 1.807) is 6.07 Å². The van der Waals surface area contributed by atoms with Crippen molar-refractivity contribution in [3.8, 4) is 16.3 Å². The Hall–Kier alpha value is -3.46. The summed E-state index contributed by atoms with van der Waals surface area (Å²) >= 11 is 1.30. The van der Waals surface area contributed by atoms with E-state index < -0.39 is 6.09 Å². The van der Waals surface area contributed by atoms with E-state index in [-0.39, 0.29) is 12.4 Å². The largest absolute Gasteiger partial charge is 0.496 e. The Morgan fingerprint density at radius 2 is 2.09 bits per heavy atom. The molecule has 2 aromatic heterocycles. The zero-order valence-electron chi connectivity index (χ0n) is 19.1. The molecular formula is C25H25FN4O3S. The van der Waals surface area contributed by atoms with Gasteiger partial charge in [-0.15, -0.1) is 0 Å². The molecule has 7 nitrogen and oxygen atoms in total. The molecule has 0 saturated carbocycles. The molecule has 4 aromatic rings. The first-order valence-electron chi connectivity index (χ1n) is 11.3. The van der Waals surface area contributed by atoms with Crippen molar-refractivity contribution >= 4 is 33.5 Å². The summed E-state index contributed by atoms with van der Waals surface area (Å²) in [5, 5.41) is 4.05. The number of anilines is 1. The number of aromatic nitrogens is 3. The number of aryl methyl sites for hydroxylation is 3. The van der Waals surface area contributed by atoms with Gasteiger partial charge in [0.1, 0.15) is 34.0 Å². The Morgan fingerprint density at radius 3 is 2.91 bits per heavy atom. The lowest BCUT2D eigenvalue weighted by Gasteiger charge is -2.13. The molecule has 0 unspecified atom stereocenters. The fraction of sp³-hybridized carbons (Fsp3) is 0.320. The van der Waals surface area contributed by atoms with Gasteiger partial charge in [-0.3, -0.25) is 5.32 Å². The number of benzene rings is 2. The topological polar surface area (TPSA) is 78.3 Å². The zero-order chi connectivity index (χ0) is 23.7. The number of thiazole rings is 1. The van der Waals surface area contributed by atoms with Crippen LogP contribution >= 0.6 is 11.3 Å². The smallest absolute Gasteiger partial charge is 0.412 e. The zero-order valence-corrected chi connectivity index (χ0v) is 19.9. The minimum atomic E-state index is -0.555. The van der Waals surface area contributed by atoms with Crippen molar-refractivity contribution in [3.05, 3.63) is 59.3 Å². The monoisotopic (exact) mass is 480 g/mol. The van der Waals surface area contributed by atoms with Crippen LogP contribution in [0.3, 0.4) is 0 Å². The number of hydrogen-bond acceptors (Lipinski definition) is 6. The highest BCUT2D eigenvalue weighted by atomic mass is 32.1. The molecule has 1 aliphatic heterocycles. The van der Waals surface area contributed by atoms with Crippen molar-refractivity contribution in [2.75, 3.05) is 12.4 Å². The van der Waals surface area contributed by atoms with Gasteiger partial charge in [-0.2, -0.15) is 0 Å². The molecule has 2 aromatic carbocycles. The molecule has 0 spiro atoms. The van der Waals surface area contributed by atoms with Crippen LogP contribution in [0.15, 0.2) is 36.4 Å². The molecular weight excluding hydrogens is 455 g/mol. The molecule has 0 bridgehead atoms. The summed E-state index contributed by atoms with van der Waals surface area (Å²) in [5.74, 6) is 1.13. The van der Waals surface area contributed by atoms with Crippen LogP contribution in [-0.4, -0.2) is 27.7 Å². The standard InChI is InChI=1S/C25H25FN4O3S/c1-3-18-24(34-23(28-18)17-9-8-16(26)13-21(17)32-2)29-25(31)33-14-15-7-10-20-19(12-15)27-22-6-4-5-11-30(20)22/h7-10,12-13H,3-6,11,14H2,1-2H3,(H,29,31). The molecule has 0 saturated heterocycles. The Morgan fingerprint density at radius 1 is 1.21 bits per heavy atom. The van der Waals surface area contributed by atoms with Gasteiger partial charge in [0.05, 0.1) is 29.4 Å². The summed E-state index contributed by atoms with van der Waals surface area (Å²) in [6, 6.07) is 10.3. The van der Waals surface area contributed by atoms with Crippen LogP contribution in [0.2, 0.25) is 0 Å². The van der Waals surface area contributed by atoms with Crippen LogP contribution in [0.5, 0.6) is 5.75 Å². The van der Waals surface area contributed by atoms with Gasteiger partial charge in [0.25, 0.3) is 0 Å². The lowest BCUT2D eigenvalue weighted by Crippen LogP contribution is -2.13. The van der Waals surface area contributed by atoms with Crippen LogP contribution in [0.25, 0.3) is 21.6 Å². The second kappa shape index (κ2) is 9.42. The molecule has 0 atom stereocenters. The van der Waals surface area contributed by atoms with Crippen molar-refractivity contribution < 1.29 is 18.7 Å². The normalized spacial score (nSPS) is 13.0. The minimum absolute atomic E-state index is 0.142. The Bertz CT molecular complexity index is 1360. The van der Waals surface area contributed by atoms with Crippen LogP contribution in [-0.2, 0) is 30.7 Å². The van der Waals surface area contributed by atoms with Crippen molar-refractivity contribution in [2.45, 2.75) is 45.8 Å². The molecule has 1 aliphatic rings. The van der Waals surface area contributed by atoms with E-state index >= 15 is 0 Å². The molecule has 3 heterocycles. The number of ether oxygens (including phenoxy) is 2. The summed E-state index contributed by atoms with van der Waals surface area (Å²) in [5.41, 5.74) is 4.35. The number of methoxy groups -OCH3 is 1. The number of nitrogens with zero attached hydrogens (tertiary/aromatic N) is 3. The molecule has 0 aliphatic carbocycles. The summed E-state index contributed by atoms with van der Waals surface area (Å²) in [6.07, 6.45) is 3.42. The second-order valence-corrected chi connectivity index (χ2v) is 9.15. The Kier molecular flexibility index (Phi) is 6.19. The van der Waals surface area contributed by atoms with Crippen molar-refractivity contribution in [1.82, 2.24) is 14.5 Å². The Labute approximate surface area is 200 Å². The predicted octanol–water partition coefficient (Wildman–Crippen LogP) is 5.95. The maximum Gasteiger partial charge on any atom is 0.412 e. The molecule has 9 heteroatoms. The Balaban J connectivity index is 1.28. The maximum atomic E-state index is 13.6. The summed E-state index contributed by atoms with van der Waals surface area (Å²) in [7, 11) is 1.49. The lowest BCUT2D eigenvalue weighted by atomic mass is 10.1. The number of imidazole rings is 1. The number of amides is 1. The van der Waals surface area contributed by atoms with Crippen LogP contribution < -0.4 is 10.1 Å². The van der Waals surface area contributed by atoms with E-state index in [1.165, 1.54) is 43.4 Å². The number of hydrogen-bond donors (Lipinski definition) is 1. The van der Waals surface area contributed by atoms with E-state index in [0.717, 1.165) is 41.1 Å². The summed E-state index contributed by atoms with van der Waals surface area (Å²) < 4.78 is 26.6. The number of halogens is 1. The number of rotatable bonds is 6. The third-order valence-electron chi connectivity index (χ3n) is 5.94. The highest BCUT2D eigenvalue weighted by molar-refractivity contribution is 7.19. The van der Waals surface area contributed by atoms with Gasteiger partial charge in [0, 0.05) is 19.0 Å². The van der Waals surface area contributed by atoms with Crippen LogP contribution in [0.4, 0.5) is 14.2 Å². The summed E-state index contributed by atoms with van der Waals surface area (Å²) in [6.45, 7) is 3.10. The highest BCUT2D eigenvalue weighted by Crippen LogP contribution is 2.37. The van der Waals surface area contributed by atoms with E-state index in [9.17, 15) is 9.18 Å². The SMILES string of the molecule is CCc1nc(-c2ccc(F)cc2OC)sc1NC(=O)OCc1ccc2c(c1)nc1n2CCCC1. The third kappa shape index (κ3) is 4.35. The van der Waals surface area contributed by atoms with Crippen molar-refractivity contribution in [3.63, 3.8) is 0 Å². The van der Waals surface area contributed by atoms with E-state index in [4.69, 9.17) is 14.5 Å². The molecule has 5 rings (SSSR count). The fourth-order valence-electron chi connectivity index (χ4n) is 4.23. The van der Waals surface area contributed by atoms with Crippen molar-refractivity contribution in [1.29, 1.82) is 0 Å². The lowest BCUT2D eigenvalue weighted by molar-refractivity contribution is 0.155. The molecule has 0 radical (unpaired) electrons. The average molecular weight is 481 g/mol. The number of fused-ring (bicyclic) bond motifs is 3. The van der Waals surface area contributed by atoms with E-state index in [0.29, 0.717) is 27.7 Å². The molecule has 1 N–H and O–H groups in total. The first kappa shape index (κ1) is 22.3. The second-order valence-electron chi connectivity index (χ2n) is 8.15. The summed E-state index contributed by atoms with van der Waals surface area (Å²) in [4.78, 5) is 21.9. The van der Waals surface area contributed by atoms with Gasteiger partial charge in [0.15, 0.2) is 0 Å². The molecule has 0 fully saturated rings. The number of nitrogens with one attached hydrogen (secondary N) is 1. The van der Waals surface area contributed by atoms with Crippen molar-refractivity contribution in [2.24, 2.45) is 0 Å². The maximum absolute atomic E-state index is 13.6. The highest BCUT2D eigenvalue weighted by Gasteiger charge is 2.18. The minimum Gasteiger partial charge on any atom is -0.496 e. The molecule has 34 heavy (non-hydrogen) atoms. The number of carbonyl (C=O) groups is 1. The molecule has 176 valence electrons. The van der Waals surface area contributed by atoms with Gasteiger partial charge < -0.3 is 14.0 Å².